The van der Waals surface area contributed by atoms with Crippen molar-refractivity contribution in [1.29, 1.82) is 0 Å². The summed E-state index contributed by atoms with van der Waals surface area (Å²) in [5, 5.41) is 0.753. The lowest BCUT2D eigenvalue weighted by Crippen LogP contribution is -2.10. The highest BCUT2D eigenvalue weighted by Crippen LogP contribution is 2.24. The van der Waals surface area contributed by atoms with E-state index in [2.05, 4.69) is 0 Å². The summed E-state index contributed by atoms with van der Waals surface area (Å²) in [4.78, 5) is 23.6. The Morgan fingerprint density at radius 1 is 1.33 bits per heavy atom. The summed E-state index contributed by atoms with van der Waals surface area (Å²) in [7, 11) is 1.35. The minimum atomic E-state index is -0.387. The van der Waals surface area contributed by atoms with Gasteiger partial charge in [0, 0.05) is 17.5 Å². The Hall–Kier alpha value is -2.10. The number of aromatic nitrogens is 1. The fraction of sp³-hybridized carbons (Fsp3) is 0.286. The largest absolute Gasteiger partial charge is 0.465 e. The van der Waals surface area contributed by atoms with Crippen LogP contribution in [-0.2, 0) is 4.74 Å². The van der Waals surface area contributed by atoms with E-state index >= 15 is 0 Å². The van der Waals surface area contributed by atoms with Gasteiger partial charge in [-0.15, -0.1) is 0 Å². The number of carbonyl (C=O) groups excluding carboxylic acids is 2. The Balaban J connectivity index is 2.74. The van der Waals surface area contributed by atoms with Crippen molar-refractivity contribution in [2.45, 2.75) is 20.3 Å². The molecule has 94 valence electrons. The van der Waals surface area contributed by atoms with Gasteiger partial charge in [0.15, 0.2) is 0 Å². The summed E-state index contributed by atoms with van der Waals surface area (Å²) < 4.78 is 6.39. The second-order valence-electron chi connectivity index (χ2n) is 4.10. The van der Waals surface area contributed by atoms with E-state index in [4.69, 9.17) is 4.74 Å². The molecule has 0 unspecified atom stereocenters. The van der Waals surface area contributed by atoms with Crippen LogP contribution in [-0.4, -0.2) is 23.6 Å². The quantitative estimate of drug-likeness (QED) is 0.764. The summed E-state index contributed by atoms with van der Waals surface area (Å²) in [6.45, 7) is 3.67. The Morgan fingerprint density at radius 3 is 2.67 bits per heavy atom. The summed E-state index contributed by atoms with van der Waals surface area (Å²) in [6, 6.07) is 7.14. The first-order valence-corrected chi connectivity index (χ1v) is 5.82. The third kappa shape index (κ3) is 1.79. The first-order chi connectivity index (χ1) is 8.60. The van der Waals surface area contributed by atoms with Crippen LogP contribution in [0.15, 0.2) is 24.3 Å². The van der Waals surface area contributed by atoms with Crippen molar-refractivity contribution < 1.29 is 14.3 Å². The number of hydrogen-bond acceptors (Lipinski definition) is 3. The first kappa shape index (κ1) is 12.4. The van der Waals surface area contributed by atoms with Gasteiger partial charge in [0.05, 0.1) is 18.2 Å². The lowest BCUT2D eigenvalue weighted by Gasteiger charge is -2.05. The Bertz CT molecular complexity index is 625. The number of rotatable bonds is 2. The molecule has 0 aliphatic carbocycles. The van der Waals surface area contributed by atoms with Crippen molar-refractivity contribution in [3.8, 4) is 0 Å². The zero-order chi connectivity index (χ0) is 13.3. The van der Waals surface area contributed by atoms with Crippen LogP contribution in [0.5, 0.6) is 0 Å². The fourth-order valence-electron chi connectivity index (χ4n) is 2.14. The molecule has 0 N–H and O–H groups in total. The van der Waals surface area contributed by atoms with Gasteiger partial charge in [-0.1, -0.05) is 13.0 Å². The third-order valence-electron chi connectivity index (χ3n) is 2.99. The molecule has 0 aliphatic heterocycles. The third-order valence-corrected chi connectivity index (χ3v) is 2.99. The van der Waals surface area contributed by atoms with Gasteiger partial charge in [0.25, 0.3) is 0 Å². The average molecular weight is 245 g/mol. The van der Waals surface area contributed by atoms with E-state index in [1.807, 2.05) is 26.0 Å². The van der Waals surface area contributed by atoms with E-state index < -0.39 is 0 Å². The normalized spacial score (nSPS) is 10.6. The zero-order valence-corrected chi connectivity index (χ0v) is 10.7. The SMILES string of the molecule is CCC(=O)n1c(C)cc2c(C(=O)OC)cccc21. The minimum absolute atomic E-state index is 0.0181. The summed E-state index contributed by atoms with van der Waals surface area (Å²) in [5.41, 5.74) is 2.07. The van der Waals surface area contributed by atoms with E-state index in [0.717, 1.165) is 16.6 Å². The van der Waals surface area contributed by atoms with E-state index in [9.17, 15) is 9.59 Å². The highest BCUT2D eigenvalue weighted by molar-refractivity contribution is 6.06. The summed E-state index contributed by atoms with van der Waals surface area (Å²) in [6.07, 6.45) is 0.424. The van der Waals surface area contributed by atoms with Gasteiger partial charge in [-0.3, -0.25) is 9.36 Å². The number of esters is 1. The van der Waals surface area contributed by atoms with Gasteiger partial charge >= 0.3 is 5.97 Å². The molecule has 0 radical (unpaired) electrons. The molecule has 2 aromatic rings. The monoisotopic (exact) mass is 245 g/mol. The maximum atomic E-state index is 11.9. The molecule has 1 heterocycles. The predicted molar refractivity (Wildman–Crippen MR) is 68.9 cm³/mol. The average Bonchev–Trinajstić information content (AvgIpc) is 2.72. The zero-order valence-electron chi connectivity index (χ0n) is 10.7. The smallest absolute Gasteiger partial charge is 0.338 e. The van der Waals surface area contributed by atoms with Gasteiger partial charge in [0.2, 0.25) is 5.91 Å². The van der Waals surface area contributed by atoms with Crippen molar-refractivity contribution in [2.24, 2.45) is 0 Å². The van der Waals surface area contributed by atoms with E-state index in [1.165, 1.54) is 7.11 Å². The van der Waals surface area contributed by atoms with Crippen LogP contribution in [0.3, 0.4) is 0 Å². The Morgan fingerprint density at radius 2 is 2.06 bits per heavy atom. The molecule has 1 aromatic heterocycles. The van der Waals surface area contributed by atoms with Gasteiger partial charge in [0.1, 0.15) is 0 Å². The molecule has 0 saturated carbocycles. The van der Waals surface area contributed by atoms with Crippen molar-refractivity contribution in [3.05, 3.63) is 35.5 Å². The van der Waals surface area contributed by atoms with Gasteiger partial charge in [-0.05, 0) is 25.1 Å². The number of aryl methyl sites for hydroxylation is 1. The topological polar surface area (TPSA) is 48.3 Å². The van der Waals surface area contributed by atoms with Crippen LogP contribution in [0.1, 0.15) is 34.2 Å². The highest BCUT2D eigenvalue weighted by Gasteiger charge is 2.16. The number of methoxy groups -OCH3 is 1. The lowest BCUT2D eigenvalue weighted by atomic mass is 10.1. The van der Waals surface area contributed by atoms with Crippen LogP contribution in [0.25, 0.3) is 10.9 Å². The summed E-state index contributed by atoms with van der Waals surface area (Å²) >= 11 is 0. The van der Waals surface area contributed by atoms with Crippen molar-refractivity contribution >= 4 is 22.8 Å². The van der Waals surface area contributed by atoms with Crippen LogP contribution >= 0.6 is 0 Å². The van der Waals surface area contributed by atoms with Crippen LogP contribution in [0, 0.1) is 6.92 Å². The van der Waals surface area contributed by atoms with E-state index in [1.54, 1.807) is 16.7 Å². The number of hydrogen-bond donors (Lipinski definition) is 0. The molecule has 4 nitrogen and oxygen atoms in total. The van der Waals surface area contributed by atoms with E-state index in [0.29, 0.717) is 12.0 Å². The minimum Gasteiger partial charge on any atom is -0.465 e. The molecule has 0 spiro atoms. The summed E-state index contributed by atoms with van der Waals surface area (Å²) in [5.74, 6) is -0.369. The number of nitrogens with zero attached hydrogens (tertiary/aromatic N) is 1. The molecule has 0 amide bonds. The molecule has 2 rings (SSSR count). The molecule has 1 aromatic carbocycles. The first-order valence-electron chi connectivity index (χ1n) is 5.82. The predicted octanol–water partition coefficient (Wildman–Crippen LogP) is 2.79. The number of fused-ring (bicyclic) bond motifs is 1. The molecule has 0 saturated heterocycles. The second-order valence-corrected chi connectivity index (χ2v) is 4.10. The molecule has 4 heteroatoms. The van der Waals surface area contributed by atoms with E-state index in [-0.39, 0.29) is 11.9 Å². The van der Waals surface area contributed by atoms with Gasteiger partial charge in [-0.2, -0.15) is 0 Å². The molecule has 0 fully saturated rings. The maximum Gasteiger partial charge on any atom is 0.338 e. The van der Waals surface area contributed by atoms with Crippen LogP contribution < -0.4 is 0 Å². The molecule has 0 bridgehead atoms. The van der Waals surface area contributed by atoms with Crippen LogP contribution in [0.2, 0.25) is 0 Å². The highest BCUT2D eigenvalue weighted by atomic mass is 16.5. The fourth-order valence-corrected chi connectivity index (χ4v) is 2.14. The van der Waals surface area contributed by atoms with Gasteiger partial charge in [-0.25, -0.2) is 4.79 Å². The van der Waals surface area contributed by atoms with Crippen LogP contribution in [0.4, 0.5) is 0 Å². The van der Waals surface area contributed by atoms with Crippen molar-refractivity contribution in [2.75, 3.05) is 7.11 Å². The molecular weight excluding hydrogens is 230 g/mol. The van der Waals surface area contributed by atoms with Gasteiger partial charge < -0.3 is 4.74 Å². The Kier molecular flexibility index (Phi) is 3.19. The second kappa shape index (κ2) is 4.64. The van der Waals surface area contributed by atoms with Crippen molar-refractivity contribution in [3.63, 3.8) is 0 Å². The lowest BCUT2D eigenvalue weighted by molar-refractivity contribution is 0.0602. The molecule has 18 heavy (non-hydrogen) atoms. The molecular formula is C14H15NO3. The standard InChI is InChI=1S/C14H15NO3/c1-4-13(16)15-9(2)8-11-10(14(17)18-3)6-5-7-12(11)15/h5-8H,4H2,1-3H3. The number of benzene rings is 1. The number of carbonyl (C=O) groups is 2. The maximum absolute atomic E-state index is 11.9. The Labute approximate surface area is 105 Å². The number of ether oxygens (including phenoxy) is 1. The van der Waals surface area contributed by atoms with Crippen molar-refractivity contribution in [1.82, 2.24) is 4.57 Å². The molecule has 0 atom stereocenters. The molecule has 0 aliphatic rings.